The molecule has 5 heteroatoms. The van der Waals surface area contributed by atoms with E-state index in [1.165, 1.54) is 17.5 Å². The molecule has 1 aromatic carbocycles. The van der Waals surface area contributed by atoms with Gasteiger partial charge in [-0.25, -0.2) is 8.42 Å². The van der Waals surface area contributed by atoms with Crippen LogP contribution in [0, 0.1) is 6.92 Å². The first-order valence-electron chi connectivity index (χ1n) is 6.62. The number of hydrogen-bond acceptors (Lipinski definition) is 4. The lowest BCUT2D eigenvalue weighted by Crippen LogP contribution is -2.29. The Morgan fingerprint density at radius 1 is 1.16 bits per heavy atom. The molecule has 0 aliphatic heterocycles. The number of nitrogens with zero attached hydrogens (tertiary/aromatic N) is 1. The van der Waals surface area contributed by atoms with E-state index in [0.717, 1.165) is 19.5 Å². The molecule has 1 aromatic rings. The molecule has 108 valence electrons. The number of anilines is 1. The van der Waals surface area contributed by atoms with Crippen molar-refractivity contribution in [3.8, 4) is 0 Å². The summed E-state index contributed by atoms with van der Waals surface area (Å²) in [5.74, 6) is 0.234. The predicted molar refractivity (Wildman–Crippen MR) is 81.4 cm³/mol. The van der Waals surface area contributed by atoms with Gasteiger partial charge in [0, 0.05) is 25.0 Å². The highest BCUT2D eigenvalue weighted by molar-refractivity contribution is 7.90. The number of benzene rings is 1. The quantitative estimate of drug-likeness (QED) is 0.787. The summed E-state index contributed by atoms with van der Waals surface area (Å²) in [4.78, 5) is 2.23. The van der Waals surface area contributed by atoms with E-state index in [1.807, 2.05) is 12.1 Å². The van der Waals surface area contributed by atoms with Crippen molar-refractivity contribution in [1.29, 1.82) is 0 Å². The van der Waals surface area contributed by atoms with Crippen molar-refractivity contribution in [3.63, 3.8) is 0 Å². The highest BCUT2D eigenvalue weighted by Crippen LogP contribution is 2.19. The molecule has 0 aromatic heterocycles. The Bertz CT molecular complexity index is 486. The topological polar surface area (TPSA) is 63.4 Å². The lowest BCUT2D eigenvalue weighted by atomic mass is 10.1. The summed E-state index contributed by atoms with van der Waals surface area (Å²) in [6, 6.07) is 8.17. The van der Waals surface area contributed by atoms with Gasteiger partial charge in [0.1, 0.15) is 9.84 Å². The normalized spacial score (nSPS) is 11.5. The largest absolute Gasteiger partial charge is 0.371 e. The molecule has 0 saturated carbocycles. The Kier molecular flexibility index (Phi) is 6.31. The van der Waals surface area contributed by atoms with Gasteiger partial charge >= 0.3 is 0 Å². The summed E-state index contributed by atoms with van der Waals surface area (Å²) < 4.78 is 22.4. The van der Waals surface area contributed by atoms with Crippen molar-refractivity contribution in [3.05, 3.63) is 29.8 Å². The fraction of sp³-hybridized carbons (Fsp3) is 0.571. The smallest absolute Gasteiger partial charge is 0.147 e. The van der Waals surface area contributed by atoms with E-state index in [0.29, 0.717) is 13.0 Å². The fourth-order valence-corrected chi connectivity index (χ4v) is 2.72. The van der Waals surface area contributed by atoms with E-state index in [4.69, 9.17) is 5.73 Å². The predicted octanol–water partition coefficient (Wildman–Crippen LogP) is 1.58. The molecule has 0 fully saturated rings. The summed E-state index contributed by atoms with van der Waals surface area (Å²) in [5.41, 5.74) is 7.95. The number of para-hydroxylation sites is 1. The molecule has 0 spiro atoms. The lowest BCUT2D eigenvalue weighted by Gasteiger charge is -2.26. The van der Waals surface area contributed by atoms with Crippen LogP contribution in [0.2, 0.25) is 0 Å². The molecule has 4 nitrogen and oxygen atoms in total. The van der Waals surface area contributed by atoms with E-state index in [2.05, 4.69) is 24.0 Å². The molecule has 0 aliphatic rings. The zero-order valence-electron chi connectivity index (χ0n) is 11.8. The van der Waals surface area contributed by atoms with Gasteiger partial charge in [0.2, 0.25) is 0 Å². The van der Waals surface area contributed by atoms with Gasteiger partial charge in [-0.15, -0.1) is 0 Å². The first kappa shape index (κ1) is 16.0. The summed E-state index contributed by atoms with van der Waals surface area (Å²) >= 11 is 0. The number of sulfone groups is 1. The first-order chi connectivity index (χ1) is 8.94. The molecule has 0 radical (unpaired) electrons. The van der Waals surface area contributed by atoms with Gasteiger partial charge in [-0.3, -0.25) is 0 Å². The van der Waals surface area contributed by atoms with Gasteiger partial charge < -0.3 is 10.6 Å². The summed E-state index contributed by atoms with van der Waals surface area (Å²) in [5, 5.41) is 0. The summed E-state index contributed by atoms with van der Waals surface area (Å²) in [7, 11) is -2.88. The molecule has 0 saturated heterocycles. The Morgan fingerprint density at radius 2 is 1.79 bits per heavy atom. The van der Waals surface area contributed by atoms with Crippen LogP contribution in [0.3, 0.4) is 0 Å². The van der Waals surface area contributed by atoms with E-state index >= 15 is 0 Å². The highest BCUT2D eigenvalue weighted by Gasteiger charge is 2.10. The highest BCUT2D eigenvalue weighted by atomic mass is 32.2. The lowest BCUT2D eigenvalue weighted by molar-refractivity contribution is 0.598. The minimum atomic E-state index is -2.88. The molecular weight excluding hydrogens is 260 g/mol. The van der Waals surface area contributed by atoms with Crippen LogP contribution in [0.15, 0.2) is 24.3 Å². The van der Waals surface area contributed by atoms with Crippen molar-refractivity contribution in [2.24, 2.45) is 5.73 Å². The SMILES string of the molecule is Cc1ccccc1N(CCCN)CCCS(C)(=O)=O. The van der Waals surface area contributed by atoms with E-state index in [-0.39, 0.29) is 5.75 Å². The second-order valence-corrected chi connectivity index (χ2v) is 7.16. The van der Waals surface area contributed by atoms with Crippen LogP contribution >= 0.6 is 0 Å². The van der Waals surface area contributed by atoms with Crippen LogP contribution in [0.25, 0.3) is 0 Å². The van der Waals surface area contributed by atoms with Crippen molar-refractivity contribution in [2.75, 3.05) is 36.5 Å². The molecule has 0 heterocycles. The summed E-state index contributed by atoms with van der Waals surface area (Å²) in [6.45, 7) is 4.33. The van der Waals surface area contributed by atoms with Crippen LogP contribution < -0.4 is 10.6 Å². The van der Waals surface area contributed by atoms with E-state index < -0.39 is 9.84 Å². The summed E-state index contributed by atoms with van der Waals surface area (Å²) in [6.07, 6.45) is 2.84. The van der Waals surface area contributed by atoms with Gasteiger partial charge in [-0.2, -0.15) is 0 Å². The van der Waals surface area contributed by atoms with E-state index in [9.17, 15) is 8.42 Å². The maximum atomic E-state index is 11.2. The fourth-order valence-electron chi connectivity index (χ4n) is 2.07. The number of nitrogens with two attached hydrogens (primary N) is 1. The molecule has 0 aliphatic carbocycles. The molecule has 19 heavy (non-hydrogen) atoms. The standard InChI is InChI=1S/C14H24N2O2S/c1-13-7-3-4-8-14(13)16(10-5-9-15)11-6-12-19(2,17)18/h3-4,7-8H,5-6,9-12,15H2,1-2H3. The van der Waals surface area contributed by atoms with Crippen molar-refractivity contribution in [1.82, 2.24) is 0 Å². The third-order valence-corrected chi connectivity index (χ3v) is 4.06. The molecule has 0 atom stereocenters. The Hall–Kier alpha value is -1.07. The van der Waals surface area contributed by atoms with Gasteiger partial charge in [-0.05, 0) is 37.9 Å². The zero-order chi connectivity index (χ0) is 14.3. The molecule has 0 bridgehead atoms. The van der Waals surface area contributed by atoms with Crippen LogP contribution in [-0.2, 0) is 9.84 Å². The molecular formula is C14H24N2O2S. The maximum absolute atomic E-state index is 11.2. The molecule has 0 amide bonds. The Balaban J connectivity index is 2.69. The Morgan fingerprint density at radius 3 is 2.37 bits per heavy atom. The van der Waals surface area contributed by atoms with Gasteiger partial charge in [0.25, 0.3) is 0 Å². The van der Waals surface area contributed by atoms with Gasteiger partial charge in [-0.1, -0.05) is 18.2 Å². The van der Waals surface area contributed by atoms with Crippen LogP contribution in [0.4, 0.5) is 5.69 Å². The Labute approximate surface area is 116 Å². The zero-order valence-corrected chi connectivity index (χ0v) is 12.6. The van der Waals surface area contributed by atoms with Crippen LogP contribution in [-0.4, -0.2) is 40.1 Å². The second kappa shape index (κ2) is 7.50. The van der Waals surface area contributed by atoms with Crippen molar-refractivity contribution < 1.29 is 8.42 Å². The number of hydrogen-bond donors (Lipinski definition) is 1. The number of rotatable bonds is 8. The first-order valence-corrected chi connectivity index (χ1v) is 8.68. The minimum absolute atomic E-state index is 0.234. The van der Waals surface area contributed by atoms with E-state index in [1.54, 1.807) is 0 Å². The third-order valence-electron chi connectivity index (χ3n) is 3.03. The molecule has 1 rings (SSSR count). The minimum Gasteiger partial charge on any atom is -0.371 e. The van der Waals surface area contributed by atoms with Gasteiger partial charge in [0.15, 0.2) is 0 Å². The third kappa shape index (κ3) is 6.07. The molecule has 0 unspecified atom stereocenters. The average molecular weight is 284 g/mol. The van der Waals surface area contributed by atoms with Crippen LogP contribution in [0.1, 0.15) is 18.4 Å². The van der Waals surface area contributed by atoms with Crippen molar-refractivity contribution in [2.45, 2.75) is 19.8 Å². The van der Waals surface area contributed by atoms with Crippen LogP contribution in [0.5, 0.6) is 0 Å². The molecule has 2 N–H and O–H groups in total. The van der Waals surface area contributed by atoms with Gasteiger partial charge in [0.05, 0.1) is 5.75 Å². The van der Waals surface area contributed by atoms with Crippen molar-refractivity contribution >= 4 is 15.5 Å². The monoisotopic (exact) mass is 284 g/mol. The second-order valence-electron chi connectivity index (χ2n) is 4.90. The number of aryl methyl sites for hydroxylation is 1. The maximum Gasteiger partial charge on any atom is 0.147 e. The average Bonchev–Trinajstić information content (AvgIpc) is 2.33.